The van der Waals surface area contributed by atoms with Crippen LogP contribution in [0.1, 0.15) is 12.0 Å². The molecule has 8 nitrogen and oxygen atoms in total. The van der Waals surface area contributed by atoms with Crippen molar-refractivity contribution >= 4 is 23.5 Å². The molecule has 3 heterocycles. The normalized spacial score (nSPS) is 19.2. The lowest BCUT2D eigenvalue weighted by molar-refractivity contribution is -0.122. The van der Waals surface area contributed by atoms with E-state index in [0.717, 1.165) is 37.6 Å². The number of hydrogen-bond donors (Lipinski definition) is 1. The standard InChI is InChI=1S/C23H28FN5O3/c1-26-10-12-27(13-11-26)21-7-2-17(14-25-21)15-29(20-5-3-19(24)4-6-20)22(30)18-8-9-28(16-18)23(31)32/h2-7,14,18H,8-13,15-16H2,1H3,(H,31,32)/t18-/m1/s1. The second-order valence-electron chi connectivity index (χ2n) is 8.43. The third-order valence-corrected chi connectivity index (χ3v) is 6.19. The molecule has 1 atom stereocenters. The third kappa shape index (κ3) is 4.99. The first-order valence-corrected chi connectivity index (χ1v) is 10.8. The highest BCUT2D eigenvalue weighted by Crippen LogP contribution is 2.25. The molecule has 2 aromatic rings. The lowest BCUT2D eigenvalue weighted by Gasteiger charge is -2.33. The Bertz CT molecular complexity index is 945. The van der Waals surface area contributed by atoms with E-state index in [-0.39, 0.29) is 24.8 Å². The number of carboxylic acid groups (broad SMARTS) is 1. The summed E-state index contributed by atoms with van der Waals surface area (Å²) in [4.78, 5) is 36.6. The van der Waals surface area contributed by atoms with Crippen LogP contribution in [0.2, 0.25) is 0 Å². The van der Waals surface area contributed by atoms with Crippen molar-refractivity contribution in [3.63, 3.8) is 0 Å². The first kappa shape index (κ1) is 22.0. The summed E-state index contributed by atoms with van der Waals surface area (Å²) in [6.45, 7) is 4.62. The molecule has 2 aliphatic heterocycles. The summed E-state index contributed by atoms with van der Waals surface area (Å²) in [5.74, 6) is -0.0520. The Morgan fingerprint density at radius 1 is 1.09 bits per heavy atom. The van der Waals surface area contributed by atoms with Crippen molar-refractivity contribution in [1.29, 1.82) is 0 Å². The van der Waals surface area contributed by atoms with Gasteiger partial charge in [-0.3, -0.25) is 4.79 Å². The maximum absolute atomic E-state index is 13.5. The topological polar surface area (TPSA) is 80.2 Å². The lowest BCUT2D eigenvalue weighted by atomic mass is 10.1. The van der Waals surface area contributed by atoms with Crippen molar-refractivity contribution in [2.45, 2.75) is 13.0 Å². The summed E-state index contributed by atoms with van der Waals surface area (Å²) >= 11 is 0. The molecule has 2 saturated heterocycles. The van der Waals surface area contributed by atoms with E-state index >= 15 is 0 Å². The minimum atomic E-state index is -1.02. The van der Waals surface area contributed by atoms with Gasteiger partial charge in [-0.15, -0.1) is 0 Å². The Balaban J connectivity index is 1.51. The van der Waals surface area contributed by atoms with Crippen molar-refractivity contribution in [1.82, 2.24) is 14.8 Å². The number of hydrogen-bond acceptors (Lipinski definition) is 5. The number of carbonyl (C=O) groups excluding carboxylic acids is 1. The van der Waals surface area contributed by atoms with E-state index < -0.39 is 12.0 Å². The Labute approximate surface area is 186 Å². The van der Waals surface area contributed by atoms with Gasteiger partial charge in [0.25, 0.3) is 0 Å². The fraction of sp³-hybridized carbons (Fsp3) is 0.435. The van der Waals surface area contributed by atoms with Crippen LogP contribution in [0.3, 0.4) is 0 Å². The third-order valence-electron chi connectivity index (χ3n) is 6.19. The molecule has 0 spiro atoms. The van der Waals surface area contributed by atoms with Crippen LogP contribution in [0.25, 0.3) is 0 Å². The molecule has 0 bridgehead atoms. The summed E-state index contributed by atoms with van der Waals surface area (Å²) in [7, 11) is 2.11. The Morgan fingerprint density at radius 2 is 1.81 bits per heavy atom. The second kappa shape index (κ2) is 9.52. The van der Waals surface area contributed by atoms with Crippen LogP contribution >= 0.6 is 0 Å². The number of likely N-dealkylation sites (N-methyl/N-ethyl adjacent to an activating group) is 1. The predicted octanol–water partition coefficient (Wildman–Crippen LogP) is 2.51. The zero-order valence-corrected chi connectivity index (χ0v) is 18.2. The molecule has 2 fully saturated rings. The minimum Gasteiger partial charge on any atom is -0.465 e. The van der Waals surface area contributed by atoms with Crippen LogP contribution in [-0.4, -0.2) is 78.2 Å². The second-order valence-corrected chi connectivity index (χ2v) is 8.43. The number of amides is 2. The summed E-state index contributed by atoms with van der Waals surface area (Å²) in [5.41, 5.74) is 1.43. The molecule has 32 heavy (non-hydrogen) atoms. The average molecular weight is 442 g/mol. The molecular formula is C23H28FN5O3. The van der Waals surface area contributed by atoms with Gasteiger partial charge < -0.3 is 24.7 Å². The van der Waals surface area contributed by atoms with Crippen LogP contribution in [-0.2, 0) is 11.3 Å². The van der Waals surface area contributed by atoms with E-state index in [4.69, 9.17) is 0 Å². The molecule has 0 radical (unpaired) electrons. The number of nitrogens with zero attached hydrogens (tertiary/aromatic N) is 5. The van der Waals surface area contributed by atoms with Crippen LogP contribution in [0.15, 0.2) is 42.6 Å². The van der Waals surface area contributed by atoms with E-state index in [1.54, 1.807) is 23.2 Å². The number of piperazine rings is 1. The van der Waals surface area contributed by atoms with Gasteiger partial charge in [0.05, 0.1) is 12.5 Å². The highest BCUT2D eigenvalue weighted by atomic mass is 19.1. The van der Waals surface area contributed by atoms with Crippen LogP contribution in [0, 0.1) is 11.7 Å². The molecule has 9 heteroatoms. The van der Waals surface area contributed by atoms with Gasteiger partial charge in [-0.25, -0.2) is 14.2 Å². The van der Waals surface area contributed by atoms with Gasteiger partial charge in [-0.2, -0.15) is 0 Å². The average Bonchev–Trinajstić information content (AvgIpc) is 3.30. The highest BCUT2D eigenvalue weighted by Gasteiger charge is 2.34. The first-order chi connectivity index (χ1) is 15.4. The smallest absolute Gasteiger partial charge is 0.407 e. The molecule has 1 N–H and O–H groups in total. The molecule has 1 aromatic carbocycles. The number of benzene rings is 1. The maximum atomic E-state index is 13.5. The molecule has 0 unspecified atom stereocenters. The molecule has 2 amide bonds. The van der Waals surface area contributed by atoms with E-state index in [9.17, 15) is 19.1 Å². The highest BCUT2D eigenvalue weighted by molar-refractivity contribution is 5.95. The summed E-state index contributed by atoms with van der Waals surface area (Å²) in [5, 5.41) is 9.23. The molecule has 1 aromatic heterocycles. The van der Waals surface area contributed by atoms with Crippen molar-refractivity contribution < 1.29 is 19.1 Å². The predicted molar refractivity (Wildman–Crippen MR) is 119 cm³/mol. The van der Waals surface area contributed by atoms with Gasteiger partial charge in [0.1, 0.15) is 11.6 Å². The van der Waals surface area contributed by atoms with Gasteiger partial charge in [-0.05, 0) is 49.4 Å². The quantitative estimate of drug-likeness (QED) is 0.768. The number of aromatic nitrogens is 1. The number of anilines is 2. The Kier molecular flexibility index (Phi) is 6.55. The van der Waals surface area contributed by atoms with Crippen molar-refractivity contribution in [2.24, 2.45) is 5.92 Å². The molecule has 0 aliphatic carbocycles. The zero-order valence-electron chi connectivity index (χ0n) is 18.2. The first-order valence-electron chi connectivity index (χ1n) is 10.8. The number of rotatable bonds is 5. The number of halogens is 1. The van der Waals surface area contributed by atoms with E-state index in [1.165, 1.54) is 17.0 Å². The zero-order chi connectivity index (χ0) is 22.7. The molecule has 0 saturated carbocycles. The van der Waals surface area contributed by atoms with E-state index in [0.29, 0.717) is 18.7 Å². The van der Waals surface area contributed by atoms with Gasteiger partial charge in [0, 0.05) is 51.2 Å². The Morgan fingerprint density at radius 3 is 2.41 bits per heavy atom. The number of likely N-dealkylation sites (tertiary alicyclic amines) is 1. The van der Waals surface area contributed by atoms with Crippen LogP contribution in [0.5, 0.6) is 0 Å². The van der Waals surface area contributed by atoms with E-state index in [1.807, 2.05) is 12.1 Å². The molecule has 2 aliphatic rings. The summed E-state index contributed by atoms with van der Waals surface area (Å²) < 4.78 is 13.5. The summed E-state index contributed by atoms with van der Waals surface area (Å²) in [6, 6.07) is 9.72. The van der Waals surface area contributed by atoms with E-state index in [2.05, 4.69) is 21.8 Å². The van der Waals surface area contributed by atoms with Crippen molar-refractivity contribution in [3.8, 4) is 0 Å². The van der Waals surface area contributed by atoms with Gasteiger partial charge in [-0.1, -0.05) is 6.07 Å². The van der Waals surface area contributed by atoms with Crippen LogP contribution in [0.4, 0.5) is 20.7 Å². The van der Waals surface area contributed by atoms with Crippen molar-refractivity contribution in [3.05, 3.63) is 54.0 Å². The molecule has 170 valence electrons. The molecule has 4 rings (SSSR count). The number of carbonyl (C=O) groups is 2. The number of pyridine rings is 1. The SMILES string of the molecule is CN1CCN(c2ccc(CN(C(=O)[C@@H]3CCN(C(=O)O)C3)c3ccc(F)cc3)cn2)CC1. The van der Waals surface area contributed by atoms with Gasteiger partial charge in [0.15, 0.2) is 0 Å². The lowest BCUT2D eigenvalue weighted by Crippen LogP contribution is -2.44. The largest absolute Gasteiger partial charge is 0.465 e. The monoisotopic (exact) mass is 441 g/mol. The van der Waals surface area contributed by atoms with Crippen LogP contribution < -0.4 is 9.80 Å². The summed E-state index contributed by atoms with van der Waals surface area (Å²) in [6.07, 6.45) is 1.23. The minimum absolute atomic E-state index is 0.163. The van der Waals surface area contributed by atoms with Gasteiger partial charge in [0.2, 0.25) is 5.91 Å². The maximum Gasteiger partial charge on any atom is 0.407 e. The molecular weight excluding hydrogens is 413 g/mol. The Hall–Kier alpha value is -3.20. The van der Waals surface area contributed by atoms with Crippen molar-refractivity contribution in [2.75, 3.05) is 56.1 Å². The fourth-order valence-electron chi connectivity index (χ4n) is 4.19. The fourth-order valence-corrected chi connectivity index (χ4v) is 4.19. The van der Waals surface area contributed by atoms with Gasteiger partial charge >= 0.3 is 6.09 Å².